The van der Waals surface area contributed by atoms with Gasteiger partial charge in [-0.15, -0.1) is 0 Å². The summed E-state index contributed by atoms with van der Waals surface area (Å²) in [6, 6.07) is 7.06. The van der Waals surface area contributed by atoms with Gasteiger partial charge in [0.25, 0.3) is 0 Å². The van der Waals surface area contributed by atoms with Crippen LogP contribution in [0, 0.1) is 23.6 Å². The van der Waals surface area contributed by atoms with Crippen LogP contribution in [0.5, 0.6) is 0 Å². The maximum absolute atomic E-state index is 12.9. The summed E-state index contributed by atoms with van der Waals surface area (Å²) in [5.41, 5.74) is 1.29. The first-order chi connectivity index (χ1) is 8.08. The summed E-state index contributed by atoms with van der Waals surface area (Å²) in [6.07, 6.45) is 3.99. The lowest BCUT2D eigenvalue weighted by molar-refractivity contribution is 0.189. The van der Waals surface area contributed by atoms with E-state index in [2.05, 4.69) is 20.8 Å². The fourth-order valence-electron chi connectivity index (χ4n) is 3.08. The number of halogens is 1. The number of rotatable bonds is 2. The molecular weight excluding hydrogens is 211 g/mol. The molecule has 0 saturated heterocycles. The van der Waals surface area contributed by atoms with Crippen molar-refractivity contribution in [2.45, 2.75) is 46.0 Å². The van der Waals surface area contributed by atoms with Crippen LogP contribution in [0.4, 0.5) is 4.39 Å². The van der Waals surface area contributed by atoms with E-state index < -0.39 is 0 Å². The Morgan fingerprint density at radius 2 is 1.71 bits per heavy atom. The summed E-state index contributed by atoms with van der Waals surface area (Å²) in [5, 5.41) is 0. The number of hydrogen-bond acceptors (Lipinski definition) is 0. The van der Waals surface area contributed by atoms with Gasteiger partial charge >= 0.3 is 0 Å². The van der Waals surface area contributed by atoms with Crippen LogP contribution in [-0.2, 0) is 0 Å². The minimum Gasteiger partial charge on any atom is -0.207 e. The van der Waals surface area contributed by atoms with Crippen LogP contribution in [0.2, 0.25) is 0 Å². The van der Waals surface area contributed by atoms with Gasteiger partial charge in [0.1, 0.15) is 5.82 Å². The second-order valence-electron chi connectivity index (χ2n) is 5.87. The fraction of sp³-hybridized carbons (Fsp3) is 0.625. The van der Waals surface area contributed by atoms with Crippen molar-refractivity contribution in [2.75, 3.05) is 0 Å². The molecule has 1 aromatic rings. The SMILES string of the molecule is CC1CCC(C(C)c2ccc(F)cc2)CC1C. The van der Waals surface area contributed by atoms with E-state index in [-0.39, 0.29) is 5.82 Å². The largest absolute Gasteiger partial charge is 0.207 e. The fourth-order valence-corrected chi connectivity index (χ4v) is 3.08. The molecule has 4 unspecified atom stereocenters. The lowest BCUT2D eigenvalue weighted by Crippen LogP contribution is -2.24. The lowest BCUT2D eigenvalue weighted by Gasteiger charge is -2.35. The highest BCUT2D eigenvalue weighted by atomic mass is 19.1. The Morgan fingerprint density at radius 3 is 2.29 bits per heavy atom. The van der Waals surface area contributed by atoms with Gasteiger partial charge < -0.3 is 0 Å². The molecule has 94 valence electrons. The third-order valence-corrected chi connectivity index (χ3v) is 4.74. The Hall–Kier alpha value is -0.850. The average molecular weight is 234 g/mol. The van der Waals surface area contributed by atoms with Gasteiger partial charge in [-0.2, -0.15) is 0 Å². The first kappa shape index (κ1) is 12.6. The molecule has 1 aromatic carbocycles. The van der Waals surface area contributed by atoms with Gasteiger partial charge in [0, 0.05) is 0 Å². The normalized spacial score (nSPS) is 31.2. The maximum atomic E-state index is 12.9. The smallest absolute Gasteiger partial charge is 0.123 e. The summed E-state index contributed by atoms with van der Waals surface area (Å²) in [4.78, 5) is 0. The van der Waals surface area contributed by atoms with Crippen LogP contribution in [0.3, 0.4) is 0 Å². The van der Waals surface area contributed by atoms with E-state index in [1.165, 1.54) is 24.8 Å². The van der Waals surface area contributed by atoms with Crippen molar-refractivity contribution in [3.8, 4) is 0 Å². The van der Waals surface area contributed by atoms with Crippen LogP contribution in [0.1, 0.15) is 51.5 Å². The monoisotopic (exact) mass is 234 g/mol. The van der Waals surface area contributed by atoms with E-state index in [4.69, 9.17) is 0 Å². The zero-order valence-corrected chi connectivity index (χ0v) is 11.1. The Labute approximate surface area is 104 Å². The summed E-state index contributed by atoms with van der Waals surface area (Å²) >= 11 is 0. The molecule has 1 aliphatic carbocycles. The molecule has 0 bridgehead atoms. The van der Waals surface area contributed by atoms with Crippen LogP contribution in [-0.4, -0.2) is 0 Å². The molecule has 0 aliphatic heterocycles. The second-order valence-corrected chi connectivity index (χ2v) is 5.87. The highest BCUT2D eigenvalue weighted by molar-refractivity contribution is 5.20. The van der Waals surface area contributed by atoms with Crippen molar-refractivity contribution in [3.63, 3.8) is 0 Å². The van der Waals surface area contributed by atoms with Gasteiger partial charge in [-0.25, -0.2) is 4.39 Å². The highest BCUT2D eigenvalue weighted by Crippen LogP contribution is 2.40. The van der Waals surface area contributed by atoms with Crippen molar-refractivity contribution in [2.24, 2.45) is 17.8 Å². The minimum absolute atomic E-state index is 0.133. The Bertz CT molecular complexity index is 354. The van der Waals surface area contributed by atoms with Gasteiger partial charge in [0.05, 0.1) is 0 Å². The molecule has 0 amide bonds. The molecule has 0 spiro atoms. The van der Waals surface area contributed by atoms with Gasteiger partial charge in [-0.1, -0.05) is 39.3 Å². The molecule has 0 heterocycles. The van der Waals surface area contributed by atoms with E-state index in [1.54, 1.807) is 12.1 Å². The highest BCUT2D eigenvalue weighted by Gasteiger charge is 2.28. The predicted octanol–water partition coefficient (Wildman–Crippen LogP) is 5.00. The number of benzene rings is 1. The van der Waals surface area contributed by atoms with E-state index in [0.29, 0.717) is 5.92 Å². The molecule has 4 atom stereocenters. The topological polar surface area (TPSA) is 0 Å². The predicted molar refractivity (Wildman–Crippen MR) is 70.5 cm³/mol. The molecule has 1 heteroatoms. The van der Waals surface area contributed by atoms with E-state index in [1.807, 2.05) is 12.1 Å². The average Bonchev–Trinajstić information content (AvgIpc) is 2.33. The lowest BCUT2D eigenvalue weighted by atomic mass is 9.70. The molecule has 0 radical (unpaired) electrons. The standard InChI is InChI=1S/C16H23F/c1-11-4-5-15(10-12(11)2)13(3)14-6-8-16(17)9-7-14/h6-9,11-13,15H,4-5,10H2,1-3H3. The molecule has 1 saturated carbocycles. The van der Waals surface area contributed by atoms with E-state index in [9.17, 15) is 4.39 Å². The van der Waals surface area contributed by atoms with Crippen LogP contribution in [0.15, 0.2) is 24.3 Å². The molecule has 17 heavy (non-hydrogen) atoms. The van der Waals surface area contributed by atoms with Gasteiger partial charge in [-0.3, -0.25) is 0 Å². The molecule has 0 nitrogen and oxygen atoms in total. The maximum Gasteiger partial charge on any atom is 0.123 e. The molecule has 2 rings (SSSR count). The van der Waals surface area contributed by atoms with Crippen molar-refractivity contribution < 1.29 is 4.39 Å². The first-order valence-electron chi connectivity index (χ1n) is 6.83. The minimum atomic E-state index is -0.133. The molecule has 1 fully saturated rings. The van der Waals surface area contributed by atoms with Crippen molar-refractivity contribution in [3.05, 3.63) is 35.6 Å². The summed E-state index contributed by atoms with van der Waals surface area (Å²) < 4.78 is 12.9. The summed E-state index contributed by atoms with van der Waals surface area (Å²) in [6.45, 7) is 7.03. The van der Waals surface area contributed by atoms with Crippen LogP contribution < -0.4 is 0 Å². The zero-order chi connectivity index (χ0) is 12.4. The third kappa shape index (κ3) is 2.88. The quantitative estimate of drug-likeness (QED) is 0.675. The Balaban J connectivity index is 2.05. The second kappa shape index (κ2) is 5.20. The summed E-state index contributed by atoms with van der Waals surface area (Å²) in [5.74, 6) is 2.90. The first-order valence-corrected chi connectivity index (χ1v) is 6.83. The Kier molecular flexibility index (Phi) is 3.86. The third-order valence-electron chi connectivity index (χ3n) is 4.74. The molecule has 0 N–H and O–H groups in total. The van der Waals surface area contributed by atoms with Crippen molar-refractivity contribution in [1.82, 2.24) is 0 Å². The molecular formula is C16H23F. The van der Waals surface area contributed by atoms with Gasteiger partial charge in [0.2, 0.25) is 0 Å². The van der Waals surface area contributed by atoms with Crippen LogP contribution >= 0.6 is 0 Å². The van der Waals surface area contributed by atoms with E-state index in [0.717, 1.165) is 17.8 Å². The van der Waals surface area contributed by atoms with E-state index >= 15 is 0 Å². The number of hydrogen-bond donors (Lipinski definition) is 0. The zero-order valence-electron chi connectivity index (χ0n) is 11.1. The van der Waals surface area contributed by atoms with Crippen molar-refractivity contribution >= 4 is 0 Å². The van der Waals surface area contributed by atoms with Gasteiger partial charge in [-0.05, 0) is 54.2 Å². The summed E-state index contributed by atoms with van der Waals surface area (Å²) in [7, 11) is 0. The molecule has 0 aromatic heterocycles. The van der Waals surface area contributed by atoms with Crippen molar-refractivity contribution in [1.29, 1.82) is 0 Å². The molecule has 1 aliphatic rings. The Morgan fingerprint density at radius 1 is 1.06 bits per heavy atom. The van der Waals surface area contributed by atoms with Gasteiger partial charge in [0.15, 0.2) is 0 Å². The van der Waals surface area contributed by atoms with Crippen LogP contribution in [0.25, 0.3) is 0 Å².